The predicted octanol–water partition coefficient (Wildman–Crippen LogP) is 0.472. The van der Waals surface area contributed by atoms with Gasteiger partial charge >= 0.3 is 20.6 Å². The van der Waals surface area contributed by atoms with Crippen molar-refractivity contribution in [1.29, 1.82) is 0 Å². The highest BCUT2D eigenvalue weighted by Gasteiger charge is 2.25. The molecule has 0 aliphatic heterocycles. The van der Waals surface area contributed by atoms with E-state index in [-0.39, 0.29) is 6.61 Å². The lowest BCUT2D eigenvalue weighted by molar-refractivity contribution is -0.128. The largest absolute Gasteiger partial charge is 0.522 e. The van der Waals surface area contributed by atoms with E-state index in [1.54, 1.807) is 6.92 Å². The van der Waals surface area contributed by atoms with Crippen LogP contribution in [0.2, 0.25) is 0 Å². The van der Waals surface area contributed by atoms with Crippen LogP contribution in [0.4, 0.5) is 0 Å². The van der Waals surface area contributed by atoms with Gasteiger partial charge in [-0.1, -0.05) is 6.58 Å². The molecule has 1 N–H and O–H groups in total. The molecule has 0 heterocycles. The molecule has 0 spiro atoms. The molecule has 1 atom stereocenters. The number of hydrogen-bond acceptors (Lipinski definition) is 4. The third-order valence-electron chi connectivity index (χ3n) is 0.783. The van der Waals surface area contributed by atoms with Gasteiger partial charge in [0.2, 0.25) is 0 Å². The van der Waals surface area contributed by atoms with E-state index < -0.39 is 13.4 Å². The molecule has 12 heavy (non-hydrogen) atoms. The first-order chi connectivity index (χ1) is 5.52. The first-order valence-corrected chi connectivity index (χ1v) is 4.81. The van der Waals surface area contributed by atoms with Gasteiger partial charge in [0.05, 0.1) is 6.61 Å². The second kappa shape index (κ2) is 5.14. The summed E-state index contributed by atoms with van der Waals surface area (Å²) in [5, 5.41) is 0. The number of rotatable bonds is 5. The zero-order valence-corrected chi connectivity index (χ0v) is 7.49. The fraction of sp³-hybridized carbons (Fsp3) is 0.400. The van der Waals surface area contributed by atoms with Crippen molar-refractivity contribution in [2.24, 2.45) is 0 Å². The Morgan fingerprint density at radius 2 is 2.42 bits per heavy atom. The minimum absolute atomic E-state index is 0.0654. The first-order valence-electron chi connectivity index (χ1n) is 3.16. The van der Waals surface area contributed by atoms with E-state index in [2.05, 4.69) is 15.8 Å². The Kier molecular flexibility index (Phi) is 4.89. The molecule has 67 valence electrons. The smallest absolute Gasteiger partial charge is 0.522 e. The second-order valence-electron chi connectivity index (χ2n) is 1.73. The fourth-order valence-corrected chi connectivity index (χ4v) is 1.05. The average Bonchev–Trinajstić information content (AvgIpc) is 2.00. The monoisotopic (exact) mass is 191 g/mol. The molecule has 5 nitrogen and oxygen atoms in total. The Morgan fingerprint density at radius 1 is 1.83 bits per heavy atom. The quantitative estimate of drug-likeness (QED) is 0.388. The van der Waals surface area contributed by atoms with Crippen LogP contribution in [0.25, 0.3) is 0 Å². The minimum Gasteiger partial charge on any atom is -0.522 e. The van der Waals surface area contributed by atoms with Crippen LogP contribution in [0, 0.1) is 0 Å². The van der Waals surface area contributed by atoms with Crippen molar-refractivity contribution in [2.75, 3.05) is 6.61 Å². The van der Waals surface area contributed by atoms with Gasteiger partial charge in [0.25, 0.3) is 0 Å². The van der Waals surface area contributed by atoms with Crippen LogP contribution in [0.1, 0.15) is 6.92 Å². The summed E-state index contributed by atoms with van der Waals surface area (Å²) in [7, 11) is -3.40. The van der Waals surface area contributed by atoms with Gasteiger partial charge < -0.3 is 14.1 Å². The summed E-state index contributed by atoms with van der Waals surface area (Å²) in [4.78, 5) is 19.2. The molecule has 0 bridgehead atoms. The van der Waals surface area contributed by atoms with E-state index >= 15 is 0 Å². The van der Waals surface area contributed by atoms with E-state index in [1.807, 2.05) is 0 Å². The molecule has 0 aromatic carbocycles. The molecule has 0 saturated carbocycles. The highest BCUT2D eigenvalue weighted by Crippen LogP contribution is 2.39. The summed E-state index contributed by atoms with van der Waals surface area (Å²) in [5.74, 6) is -0.802. The van der Waals surface area contributed by atoms with E-state index in [1.165, 1.54) is 0 Å². The Morgan fingerprint density at radius 3 is 2.83 bits per heavy atom. The predicted molar refractivity (Wildman–Crippen MR) is 43.5 cm³/mol. The molecular formula is C5H9BO5P. The third-order valence-corrected chi connectivity index (χ3v) is 1.78. The summed E-state index contributed by atoms with van der Waals surface area (Å²) < 4.78 is 19.4. The molecule has 1 radical (unpaired) electrons. The molecule has 0 aromatic rings. The van der Waals surface area contributed by atoms with Crippen LogP contribution < -0.4 is 0 Å². The van der Waals surface area contributed by atoms with Gasteiger partial charge in [-0.05, 0) is 6.92 Å². The van der Waals surface area contributed by atoms with Crippen molar-refractivity contribution >= 4 is 20.6 Å². The molecule has 0 amide bonds. The van der Waals surface area contributed by atoms with Gasteiger partial charge in [-0.25, -0.2) is 4.79 Å². The summed E-state index contributed by atoms with van der Waals surface area (Å²) in [6.07, 6.45) is 0.877. The number of hydrogen-bond donors (Lipinski definition) is 1. The van der Waals surface area contributed by atoms with Crippen molar-refractivity contribution in [3.63, 3.8) is 0 Å². The molecule has 0 aliphatic carbocycles. The van der Waals surface area contributed by atoms with Crippen LogP contribution in [0.15, 0.2) is 12.7 Å². The van der Waals surface area contributed by atoms with Gasteiger partial charge in [0.1, 0.15) is 0 Å². The van der Waals surface area contributed by atoms with Gasteiger partial charge in [-0.2, -0.15) is 0 Å². The van der Waals surface area contributed by atoms with Gasteiger partial charge in [-0.15, -0.1) is 0 Å². The van der Waals surface area contributed by atoms with E-state index in [0.29, 0.717) is 7.20 Å². The van der Waals surface area contributed by atoms with Crippen molar-refractivity contribution in [3.8, 4) is 0 Å². The standard InChI is InChI=1S/C5H9BO5P/c1-3-5(7)11-6-12(8,9)10-4-2/h3H,1,4H2,2H3,(H,8,9). The lowest BCUT2D eigenvalue weighted by Crippen LogP contribution is -2.07. The van der Waals surface area contributed by atoms with Gasteiger partial charge in [-0.3, -0.25) is 4.57 Å². The lowest BCUT2D eigenvalue weighted by atomic mass is 10.5. The zero-order chi connectivity index (χ0) is 9.61. The molecule has 0 rings (SSSR count). The van der Waals surface area contributed by atoms with Crippen molar-refractivity contribution in [2.45, 2.75) is 6.92 Å². The highest BCUT2D eigenvalue weighted by molar-refractivity contribution is 7.81. The van der Waals surface area contributed by atoms with Crippen molar-refractivity contribution < 1.29 is 23.4 Å². The minimum atomic E-state index is -3.88. The molecule has 0 aromatic heterocycles. The SMILES string of the molecule is C=CC(=O)O[B]P(=O)(O)OCC. The van der Waals surface area contributed by atoms with Gasteiger partial charge in [0.15, 0.2) is 0 Å². The second-order valence-corrected chi connectivity index (χ2v) is 3.33. The Labute approximate surface area is 71.1 Å². The molecule has 0 fully saturated rings. The van der Waals surface area contributed by atoms with Crippen LogP contribution in [-0.4, -0.2) is 24.7 Å². The van der Waals surface area contributed by atoms with Crippen LogP contribution in [-0.2, 0) is 18.5 Å². The normalized spacial score (nSPS) is 14.5. The first kappa shape index (κ1) is 11.4. The van der Waals surface area contributed by atoms with Gasteiger partial charge in [0, 0.05) is 6.08 Å². The fourth-order valence-electron chi connectivity index (χ4n) is 0.382. The van der Waals surface area contributed by atoms with Crippen LogP contribution in [0.5, 0.6) is 0 Å². The molecular weight excluding hydrogens is 182 g/mol. The van der Waals surface area contributed by atoms with E-state index in [0.717, 1.165) is 6.08 Å². The Balaban J connectivity index is 3.83. The molecule has 0 aliphatic rings. The van der Waals surface area contributed by atoms with Crippen molar-refractivity contribution in [1.82, 2.24) is 0 Å². The number of carbonyl (C=O) groups excluding carboxylic acids is 1. The third kappa shape index (κ3) is 5.13. The number of carbonyl (C=O) groups is 1. The molecule has 0 saturated heterocycles. The summed E-state index contributed by atoms with van der Waals surface area (Å²) in [6.45, 7) is 4.71. The summed E-state index contributed by atoms with van der Waals surface area (Å²) >= 11 is 0. The zero-order valence-electron chi connectivity index (χ0n) is 6.60. The van der Waals surface area contributed by atoms with Crippen LogP contribution >= 0.6 is 7.47 Å². The maximum atomic E-state index is 10.8. The average molecular weight is 191 g/mol. The highest BCUT2D eigenvalue weighted by atomic mass is 31.2. The molecule has 7 heteroatoms. The summed E-state index contributed by atoms with van der Waals surface area (Å²) in [5.41, 5.74) is 0. The lowest BCUT2D eigenvalue weighted by Gasteiger charge is -2.07. The maximum absolute atomic E-state index is 10.8. The van der Waals surface area contributed by atoms with E-state index in [9.17, 15) is 9.36 Å². The van der Waals surface area contributed by atoms with Crippen molar-refractivity contribution in [3.05, 3.63) is 12.7 Å². The molecule has 1 unspecified atom stereocenters. The van der Waals surface area contributed by atoms with E-state index in [4.69, 9.17) is 4.89 Å². The van der Waals surface area contributed by atoms with Crippen LogP contribution in [0.3, 0.4) is 0 Å². The summed E-state index contributed by atoms with van der Waals surface area (Å²) in [6, 6.07) is 0. The topological polar surface area (TPSA) is 72.8 Å². The Bertz CT molecular complexity index is 216. The maximum Gasteiger partial charge on any atom is 0.522 e. The Hall–Kier alpha value is -0.575.